The lowest BCUT2D eigenvalue weighted by Crippen LogP contribution is -2.32. The van der Waals surface area contributed by atoms with E-state index in [0.29, 0.717) is 11.2 Å². The predicted octanol–water partition coefficient (Wildman–Crippen LogP) is -0.435. The van der Waals surface area contributed by atoms with Gasteiger partial charge in [-0.25, -0.2) is 0 Å². The Bertz CT molecular complexity index is 299. The molecule has 0 heterocycles. The van der Waals surface area contributed by atoms with Crippen molar-refractivity contribution in [3.05, 3.63) is 23.3 Å². The van der Waals surface area contributed by atoms with Gasteiger partial charge in [0.05, 0.1) is 0 Å². The number of anilines is 1. The van der Waals surface area contributed by atoms with E-state index in [-0.39, 0.29) is 0 Å². The highest BCUT2D eigenvalue weighted by molar-refractivity contribution is 6.59. The lowest BCUT2D eigenvalue weighted by molar-refractivity contribution is 0.425. The van der Waals surface area contributed by atoms with Crippen LogP contribution < -0.4 is 11.2 Å². The van der Waals surface area contributed by atoms with Crippen LogP contribution in [0.3, 0.4) is 0 Å². The molecular weight excluding hydrogens is 153 g/mol. The third-order valence-electron chi connectivity index (χ3n) is 2.05. The van der Waals surface area contributed by atoms with Crippen molar-refractivity contribution in [3.63, 3.8) is 0 Å². The Hall–Kier alpha value is -0.995. The van der Waals surface area contributed by atoms with E-state index in [2.05, 4.69) is 0 Å². The zero-order valence-electron chi connectivity index (χ0n) is 7.20. The molecule has 0 aliphatic carbocycles. The molecule has 1 rings (SSSR count). The second-order valence-corrected chi connectivity index (χ2v) is 2.88. The summed E-state index contributed by atoms with van der Waals surface area (Å²) in [5, 5.41) is 17.8. The standard InChI is InChI=1S/C8H12BNO2/c1-5-3-4-7(9(11)12)6(2)8(5)10/h3-4,11-12H,10H2,1-2H3. The molecule has 0 aliphatic heterocycles. The molecule has 3 nitrogen and oxygen atoms in total. The van der Waals surface area contributed by atoms with Gasteiger partial charge in [0, 0.05) is 5.69 Å². The van der Waals surface area contributed by atoms with Crippen molar-refractivity contribution in [1.29, 1.82) is 0 Å². The molecule has 0 radical (unpaired) electrons. The van der Waals surface area contributed by atoms with Crippen LogP contribution in [0.4, 0.5) is 5.69 Å². The second kappa shape index (κ2) is 3.17. The highest BCUT2D eigenvalue weighted by Crippen LogP contribution is 2.13. The van der Waals surface area contributed by atoms with Gasteiger partial charge < -0.3 is 15.8 Å². The van der Waals surface area contributed by atoms with E-state index in [0.717, 1.165) is 11.1 Å². The third kappa shape index (κ3) is 1.44. The maximum atomic E-state index is 8.92. The Kier molecular flexibility index (Phi) is 2.40. The number of hydrogen-bond donors (Lipinski definition) is 3. The van der Waals surface area contributed by atoms with Gasteiger partial charge in [0.15, 0.2) is 0 Å². The van der Waals surface area contributed by atoms with Crippen molar-refractivity contribution in [2.24, 2.45) is 0 Å². The molecule has 4 N–H and O–H groups in total. The van der Waals surface area contributed by atoms with Gasteiger partial charge in [0.25, 0.3) is 0 Å². The van der Waals surface area contributed by atoms with Crippen molar-refractivity contribution in [2.45, 2.75) is 13.8 Å². The van der Waals surface area contributed by atoms with Crippen molar-refractivity contribution in [1.82, 2.24) is 0 Å². The van der Waals surface area contributed by atoms with Crippen LogP contribution >= 0.6 is 0 Å². The quantitative estimate of drug-likeness (QED) is 0.390. The maximum Gasteiger partial charge on any atom is 0.488 e. The van der Waals surface area contributed by atoms with Crippen LogP contribution in [0.25, 0.3) is 0 Å². The Morgan fingerprint density at radius 1 is 1.25 bits per heavy atom. The minimum absolute atomic E-state index is 0.470. The van der Waals surface area contributed by atoms with Crippen LogP contribution in [0.2, 0.25) is 0 Å². The van der Waals surface area contributed by atoms with Gasteiger partial charge in [0.2, 0.25) is 0 Å². The summed E-state index contributed by atoms with van der Waals surface area (Å²) >= 11 is 0. The van der Waals surface area contributed by atoms with Gasteiger partial charge in [-0.2, -0.15) is 0 Å². The van der Waals surface area contributed by atoms with Crippen LogP contribution in [0.5, 0.6) is 0 Å². The summed E-state index contributed by atoms with van der Waals surface area (Å²) in [6.45, 7) is 3.66. The van der Waals surface area contributed by atoms with Gasteiger partial charge in [0.1, 0.15) is 0 Å². The molecule has 0 bridgehead atoms. The van der Waals surface area contributed by atoms with Crippen LogP contribution in [-0.4, -0.2) is 17.2 Å². The van der Waals surface area contributed by atoms with Gasteiger partial charge in [-0.3, -0.25) is 0 Å². The van der Waals surface area contributed by atoms with Crippen molar-refractivity contribution < 1.29 is 10.0 Å². The number of benzene rings is 1. The topological polar surface area (TPSA) is 66.5 Å². The van der Waals surface area contributed by atoms with E-state index in [1.165, 1.54) is 0 Å². The molecule has 0 spiro atoms. The van der Waals surface area contributed by atoms with E-state index < -0.39 is 7.12 Å². The molecule has 0 saturated carbocycles. The predicted molar refractivity (Wildman–Crippen MR) is 50.2 cm³/mol. The average Bonchev–Trinajstić information content (AvgIpc) is 2.00. The summed E-state index contributed by atoms with van der Waals surface area (Å²) in [5.74, 6) is 0. The molecule has 0 aliphatic rings. The Labute approximate surface area is 72.0 Å². The SMILES string of the molecule is Cc1ccc(B(O)O)c(C)c1N. The van der Waals surface area contributed by atoms with Gasteiger partial charge in [-0.05, 0) is 30.4 Å². The van der Waals surface area contributed by atoms with Gasteiger partial charge in [-0.1, -0.05) is 12.1 Å². The summed E-state index contributed by atoms with van der Waals surface area (Å²) in [7, 11) is -1.44. The molecule has 1 aromatic carbocycles. The van der Waals surface area contributed by atoms with E-state index in [9.17, 15) is 0 Å². The fourth-order valence-corrected chi connectivity index (χ4v) is 1.16. The number of nitrogen functional groups attached to an aromatic ring is 1. The van der Waals surface area contributed by atoms with Gasteiger partial charge >= 0.3 is 7.12 Å². The Morgan fingerprint density at radius 2 is 1.83 bits per heavy atom. The van der Waals surface area contributed by atoms with Crippen LogP contribution in [0, 0.1) is 13.8 Å². The molecule has 0 aromatic heterocycles. The number of nitrogens with two attached hydrogens (primary N) is 1. The fraction of sp³-hybridized carbons (Fsp3) is 0.250. The van der Waals surface area contributed by atoms with Crippen molar-refractivity contribution in [3.8, 4) is 0 Å². The first kappa shape index (κ1) is 9.10. The molecule has 4 heteroatoms. The molecule has 0 fully saturated rings. The highest BCUT2D eigenvalue weighted by atomic mass is 16.4. The first-order chi connectivity index (χ1) is 5.54. The zero-order chi connectivity index (χ0) is 9.30. The maximum absolute atomic E-state index is 8.92. The summed E-state index contributed by atoms with van der Waals surface area (Å²) in [5.41, 5.74) is 8.49. The molecule has 1 aromatic rings. The fourth-order valence-electron chi connectivity index (χ4n) is 1.16. The lowest BCUT2D eigenvalue weighted by atomic mass is 9.76. The Morgan fingerprint density at radius 3 is 2.33 bits per heavy atom. The third-order valence-corrected chi connectivity index (χ3v) is 2.05. The van der Waals surface area contributed by atoms with Crippen molar-refractivity contribution in [2.75, 3.05) is 5.73 Å². The largest absolute Gasteiger partial charge is 0.488 e. The minimum atomic E-state index is -1.44. The zero-order valence-corrected chi connectivity index (χ0v) is 7.20. The summed E-state index contributed by atoms with van der Waals surface area (Å²) in [6, 6.07) is 3.45. The van der Waals surface area contributed by atoms with E-state index in [1.54, 1.807) is 19.1 Å². The van der Waals surface area contributed by atoms with Crippen LogP contribution in [-0.2, 0) is 0 Å². The molecular formula is C8H12BNO2. The molecule has 12 heavy (non-hydrogen) atoms. The molecule has 0 unspecified atom stereocenters. The minimum Gasteiger partial charge on any atom is -0.423 e. The number of rotatable bonds is 1. The van der Waals surface area contributed by atoms with E-state index in [4.69, 9.17) is 15.8 Å². The first-order valence-corrected chi connectivity index (χ1v) is 3.75. The van der Waals surface area contributed by atoms with Gasteiger partial charge in [-0.15, -0.1) is 0 Å². The molecule has 0 amide bonds. The van der Waals surface area contributed by atoms with E-state index >= 15 is 0 Å². The lowest BCUT2D eigenvalue weighted by Gasteiger charge is -2.09. The monoisotopic (exact) mass is 165 g/mol. The first-order valence-electron chi connectivity index (χ1n) is 3.75. The van der Waals surface area contributed by atoms with E-state index in [1.807, 2.05) is 6.92 Å². The highest BCUT2D eigenvalue weighted by Gasteiger charge is 2.15. The summed E-state index contributed by atoms with van der Waals surface area (Å²) in [4.78, 5) is 0. The number of aryl methyl sites for hydroxylation is 1. The smallest absolute Gasteiger partial charge is 0.423 e. The Balaban J connectivity index is 3.27. The number of hydrogen-bond acceptors (Lipinski definition) is 3. The molecule has 0 atom stereocenters. The summed E-state index contributed by atoms with van der Waals surface area (Å²) in [6.07, 6.45) is 0. The van der Waals surface area contributed by atoms with Crippen molar-refractivity contribution >= 4 is 18.3 Å². The molecule has 64 valence electrons. The van der Waals surface area contributed by atoms with Crippen LogP contribution in [0.15, 0.2) is 12.1 Å². The summed E-state index contributed by atoms with van der Waals surface area (Å²) < 4.78 is 0. The molecule has 0 saturated heterocycles. The second-order valence-electron chi connectivity index (χ2n) is 2.88. The average molecular weight is 165 g/mol. The van der Waals surface area contributed by atoms with Crippen LogP contribution in [0.1, 0.15) is 11.1 Å². The normalized spacial score (nSPS) is 10.0.